The van der Waals surface area contributed by atoms with Crippen molar-refractivity contribution in [2.45, 2.75) is 37.6 Å². The molecule has 4 rings (SSSR count). The zero-order valence-corrected chi connectivity index (χ0v) is 18.8. The first kappa shape index (κ1) is 22.6. The minimum atomic E-state index is -0.822. The molecule has 0 spiro atoms. The Labute approximate surface area is 194 Å². The minimum Gasteiger partial charge on any atom is -0.481 e. The molecule has 5 nitrogen and oxygen atoms in total. The van der Waals surface area contributed by atoms with Crippen LogP contribution in [0.5, 0.6) is 0 Å². The van der Waals surface area contributed by atoms with Crippen molar-refractivity contribution < 1.29 is 19.4 Å². The quantitative estimate of drug-likeness (QED) is 0.458. The largest absolute Gasteiger partial charge is 0.481 e. The van der Waals surface area contributed by atoms with Gasteiger partial charge in [-0.05, 0) is 47.1 Å². The molecule has 1 N–H and O–H groups in total. The van der Waals surface area contributed by atoms with E-state index in [0.29, 0.717) is 19.3 Å². The summed E-state index contributed by atoms with van der Waals surface area (Å²) in [4.78, 5) is 25.7. The maximum atomic E-state index is 13.0. The van der Waals surface area contributed by atoms with Crippen LogP contribution in [0.1, 0.15) is 41.9 Å². The molecule has 0 heterocycles. The number of aliphatic carboxylic acids is 1. The fourth-order valence-electron chi connectivity index (χ4n) is 4.65. The van der Waals surface area contributed by atoms with Gasteiger partial charge in [-0.3, -0.25) is 4.79 Å². The van der Waals surface area contributed by atoms with Crippen LogP contribution in [0.4, 0.5) is 4.79 Å². The Morgan fingerprint density at radius 1 is 0.909 bits per heavy atom. The van der Waals surface area contributed by atoms with Crippen LogP contribution < -0.4 is 0 Å². The molecule has 0 bridgehead atoms. The third-order valence-corrected chi connectivity index (χ3v) is 6.41. The Morgan fingerprint density at radius 3 is 2.09 bits per heavy atom. The molecule has 33 heavy (non-hydrogen) atoms. The number of ether oxygens (including phenoxy) is 1. The molecular weight excluding hydrogens is 414 g/mol. The van der Waals surface area contributed by atoms with Gasteiger partial charge in [0.15, 0.2) is 0 Å². The van der Waals surface area contributed by atoms with Gasteiger partial charge in [-0.15, -0.1) is 0 Å². The third-order valence-electron chi connectivity index (χ3n) is 6.41. The van der Waals surface area contributed by atoms with Crippen molar-refractivity contribution in [2.24, 2.45) is 0 Å². The van der Waals surface area contributed by atoms with Crippen molar-refractivity contribution in [1.82, 2.24) is 4.90 Å². The van der Waals surface area contributed by atoms with E-state index in [1.54, 1.807) is 11.9 Å². The summed E-state index contributed by atoms with van der Waals surface area (Å²) in [6.07, 6.45) is 1.47. The molecule has 1 aliphatic rings. The van der Waals surface area contributed by atoms with E-state index in [9.17, 15) is 9.59 Å². The van der Waals surface area contributed by atoms with E-state index >= 15 is 0 Å². The van der Waals surface area contributed by atoms with Crippen molar-refractivity contribution in [3.63, 3.8) is 0 Å². The van der Waals surface area contributed by atoms with Gasteiger partial charge in [0.25, 0.3) is 0 Å². The predicted molar refractivity (Wildman–Crippen MR) is 128 cm³/mol. The fraction of sp³-hybridized carbons (Fsp3) is 0.286. The summed E-state index contributed by atoms with van der Waals surface area (Å²) >= 11 is 0. The maximum absolute atomic E-state index is 13.0. The smallest absolute Gasteiger partial charge is 0.409 e. The molecule has 0 radical (unpaired) electrons. The molecule has 170 valence electrons. The number of nitrogens with zero attached hydrogens (tertiary/aromatic N) is 1. The van der Waals surface area contributed by atoms with Gasteiger partial charge in [0.1, 0.15) is 6.61 Å². The second-order valence-corrected chi connectivity index (χ2v) is 8.54. The molecule has 0 fully saturated rings. The van der Waals surface area contributed by atoms with Gasteiger partial charge in [0, 0.05) is 25.4 Å². The van der Waals surface area contributed by atoms with E-state index in [-0.39, 0.29) is 31.1 Å². The summed E-state index contributed by atoms with van der Waals surface area (Å²) < 4.78 is 5.82. The van der Waals surface area contributed by atoms with Crippen molar-refractivity contribution in [1.29, 1.82) is 0 Å². The number of carbonyl (C=O) groups is 2. The van der Waals surface area contributed by atoms with Crippen LogP contribution in [0.2, 0.25) is 0 Å². The zero-order valence-electron chi connectivity index (χ0n) is 18.8. The molecule has 0 aromatic heterocycles. The van der Waals surface area contributed by atoms with E-state index in [1.807, 2.05) is 54.6 Å². The molecule has 0 saturated carbocycles. The van der Waals surface area contributed by atoms with E-state index in [0.717, 1.165) is 5.56 Å². The minimum absolute atomic E-state index is 0.00864. The first-order valence-corrected chi connectivity index (χ1v) is 11.4. The van der Waals surface area contributed by atoms with Gasteiger partial charge in [-0.25, -0.2) is 4.79 Å². The summed E-state index contributed by atoms with van der Waals surface area (Å²) in [6, 6.07) is 26.3. The number of carboxylic acid groups (broad SMARTS) is 1. The number of benzene rings is 3. The topological polar surface area (TPSA) is 66.8 Å². The average molecular weight is 444 g/mol. The van der Waals surface area contributed by atoms with Gasteiger partial charge in [0.2, 0.25) is 0 Å². The van der Waals surface area contributed by atoms with Crippen LogP contribution in [-0.2, 0) is 16.0 Å². The number of amides is 1. The summed E-state index contributed by atoms with van der Waals surface area (Å²) in [6.45, 7) is 0.268. The van der Waals surface area contributed by atoms with Crippen LogP contribution in [0, 0.1) is 0 Å². The van der Waals surface area contributed by atoms with Crippen LogP contribution in [0.15, 0.2) is 78.9 Å². The Kier molecular flexibility index (Phi) is 7.08. The summed E-state index contributed by atoms with van der Waals surface area (Å²) in [5.41, 5.74) is 5.85. The van der Waals surface area contributed by atoms with Crippen molar-refractivity contribution >= 4 is 12.1 Å². The SMILES string of the molecule is CN(C(=O)OCC1c2ccccc2-c2ccccc21)[C@H](CCCC(=O)O)Cc1ccccc1. The lowest BCUT2D eigenvalue weighted by Gasteiger charge is -2.28. The number of fused-ring (bicyclic) bond motifs is 3. The fourth-order valence-corrected chi connectivity index (χ4v) is 4.65. The number of likely N-dealkylation sites (N-methyl/N-ethyl adjacent to an activating group) is 1. The molecule has 3 aromatic rings. The van der Waals surface area contributed by atoms with Crippen LogP contribution in [0.25, 0.3) is 11.1 Å². The molecule has 3 aromatic carbocycles. The monoisotopic (exact) mass is 443 g/mol. The highest BCUT2D eigenvalue weighted by molar-refractivity contribution is 5.79. The van der Waals surface area contributed by atoms with E-state index in [2.05, 4.69) is 24.3 Å². The Balaban J connectivity index is 1.45. The van der Waals surface area contributed by atoms with Gasteiger partial charge in [-0.1, -0.05) is 78.9 Å². The van der Waals surface area contributed by atoms with Crippen molar-refractivity contribution in [2.75, 3.05) is 13.7 Å². The molecule has 0 saturated heterocycles. The van der Waals surface area contributed by atoms with Crippen LogP contribution in [0.3, 0.4) is 0 Å². The normalized spacial score (nSPS) is 13.1. The summed E-state index contributed by atoms with van der Waals surface area (Å²) in [5, 5.41) is 9.02. The van der Waals surface area contributed by atoms with Crippen LogP contribution in [-0.4, -0.2) is 41.8 Å². The Bertz CT molecular complexity index is 1070. The molecule has 0 aliphatic heterocycles. The number of hydrogen-bond acceptors (Lipinski definition) is 3. The van der Waals surface area contributed by atoms with Gasteiger partial charge in [-0.2, -0.15) is 0 Å². The maximum Gasteiger partial charge on any atom is 0.409 e. The lowest BCUT2D eigenvalue weighted by molar-refractivity contribution is -0.137. The predicted octanol–water partition coefficient (Wildman–Crippen LogP) is 5.73. The second-order valence-electron chi connectivity index (χ2n) is 8.54. The Hall–Kier alpha value is -3.60. The highest BCUT2D eigenvalue weighted by Gasteiger charge is 2.30. The second kappa shape index (κ2) is 10.3. The summed E-state index contributed by atoms with van der Waals surface area (Å²) in [5.74, 6) is -0.813. The standard InChI is InChI=1S/C28H29NO4/c1-29(21(12-9-17-27(30)31)18-20-10-3-2-4-11-20)28(32)33-19-26-24-15-7-5-13-22(24)23-14-6-8-16-25(23)26/h2-8,10-11,13-16,21,26H,9,12,17-19H2,1H3,(H,30,31)/t21-/m1/s1. The third kappa shape index (κ3) is 5.25. The van der Waals surface area contributed by atoms with Crippen molar-refractivity contribution in [3.8, 4) is 11.1 Å². The van der Waals surface area contributed by atoms with Gasteiger partial charge in [0.05, 0.1) is 0 Å². The molecule has 1 amide bonds. The molecule has 5 heteroatoms. The number of carboxylic acids is 1. The molecule has 1 atom stereocenters. The molecule has 1 aliphatic carbocycles. The highest BCUT2D eigenvalue weighted by Crippen LogP contribution is 2.44. The van der Waals surface area contributed by atoms with Crippen molar-refractivity contribution in [3.05, 3.63) is 95.6 Å². The zero-order chi connectivity index (χ0) is 23.2. The first-order valence-electron chi connectivity index (χ1n) is 11.4. The molecular formula is C28H29NO4. The average Bonchev–Trinajstić information content (AvgIpc) is 3.15. The van der Waals surface area contributed by atoms with Crippen LogP contribution >= 0.6 is 0 Å². The first-order chi connectivity index (χ1) is 16.0. The number of hydrogen-bond donors (Lipinski definition) is 1. The lowest BCUT2D eigenvalue weighted by atomic mass is 9.98. The van der Waals surface area contributed by atoms with E-state index in [4.69, 9.17) is 9.84 Å². The van der Waals surface area contributed by atoms with Gasteiger partial charge < -0.3 is 14.7 Å². The van der Waals surface area contributed by atoms with E-state index < -0.39 is 5.97 Å². The highest BCUT2D eigenvalue weighted by atomic mass is 16.6. The number of carbonyl (C=O) groups excluding carboxylic acids is 1. The molecule has 0 unspecified atom stereocenters. The number of rotatable bonds is 9. The lowest BCUT2D eigenvalue weighted by Crippen LogP contribution is -2.39. The Morgan fingerprint density at radius 2 is 1.48 bits per heavy atom. The van der Waals surface area contributed by atoms with E-state index in [1.165, 1.54) is 22.3 Å². The van der Waals surface area contributed by atoms with Gasteiger partial charge >= 0.3 is 12.1 Å². The summed E-state index contributed by atoms with van der Waals surface area (Å²) in [7, 11) is 1.74.